The van der Waals surface area contributed by atoms with E-state index in [1.165, 1.54) is 0 Å². The summed E-state index contributed by atoms with van der Waals surface area (Å²) < 4.78 is 10.0. The minimum Gasteiger partial charge on any atom is -0.394 e. The lowest BCUT2D eigenvalue weighted by Crippen LogP contribution is -2.71. The van der Waals surface area contributed by atoms with E-state index >= 15 is 0 Å². The highest BCUT2D eigenvalue weighted by Crippen LogP contribution is 2.43. The number of rotatable bonds is 4. The highest BCUT2D eigenvalue weighted by molar-refractivity contribution is 5.14. The second-order valence-corrected chi connectivity index (χ2v) is 5.83. The fourth-order valence-corrected chi connectivity index (χ4v) is 3.07. The zero-order chi connectivity index (χ0) is 17.6. The van der Waals surface area contributed by atoms with E-state index in [0.29, 0.717) is 0 Å². The van der Waals surface area contributed by atoms with Crippen molar-refractivity contribution in [1.29, 1.82) is 0 Å². The molecule has 2 aliphatic heterocycles. The zero-order valence-corrected chi connectivity index (χ0v) is 12.0. The van der Waals surface area contributed by atoms with Crippen molar-refractivity contribution in [2.45, 2.75) is 54.1 Å². The predicted octanol–water partition coefficient (Wildman–Crippen LogP) is -6.01. The summed E-state index contributed by atoms with van der Waals surface area (Å²) >= 11 is 0. The molecule has 2 aliphatic rings. The Labute approximate surface area is 130 Å². The summed E-state index contributed by atoms with van der Waals surface area (Å²) in [6.45, 7) is -2.84. The third-order valence-electron chi connectivity index (χ3n) is 4.47. The smallest absolute Gasteiger partial charge is 0.219 e. The van der Waals surface area contributed by atoms with Crippen LogP contribution in [-0.4, -0.2) is 120 Å². The van der Waals surface area contributed by atoms with Gasteiger partial charge in [-0.3, -0.25) is 0 Å². The molecule has 0 aromatic carbocycles. The largest absolute Gasteiger partial charge is 0.394 e. The summed E-state index contributed by atoms with van der Waals surface area (Å²) in [6.07, 6.45) is -12.6. The molecule has 0 aromatic rings. The molecule has 0 unspecified atom stereocenters. The van der Waals surface area contributed by atoms with Crippen LogP contribution in [0.2, 0.25) is 0 Å². The van der Waals surface area contributed by atoms with Gasteiger partial charge in [0.05, 0.1) is 19.8 Å². The minimum absolute atomic E-state index is 0.775. The van der Waals surface area contributed by atoms with Gasteiger partial charge in [0, 0.05) is 0 Å². The monoisotopic (exact) mass is 342 g/mol. The molecule has 0 bridgehead atoms. The van der Waals surface area contributed by atoms with Gasteiger partial charge in [0.2, 0.25) is 5.79 Å². The summed E-state index contributed by atoms with van der Waals surface area (Å²) in [4.78, 5) is 0. The van der Waals surface area contributed by atoms with Crippen LogP contribution in [0.4, 0.5) is 0 Å². The van der Waals surface area contributed by atoms with Gasteiger partial charge in [-0.05, 0) is 0 Å². The lowest BCUT2D eigenvalue weighted by atomic mass is 9.78. The molecule has 11 nitrogen and oxygen atoms in total. The molecule has 2 rings (SSSR count). The summed E-state index contributed by atoms with van der Waals surface area (Å²) in [7, 11) is 0. The van der Waals surface area contributed by atoms with Gasteiger partial charge in [0.15, 0.2) is 5.60 Å². The molecule has 0 saturated carbocycles. The van der Waals surface area contributed by atoms with Crippen LogP contribution in [0, 0.1) is 0 Å². The topological polar surface area (TPSA) is 201 Å². The molecule has 9 atom stereocenters. The van der Waals surface area contributed by atoms with Gasteiger partial charge in [0.25, 0.3) is 0 Å². The van der Waals surface area contributed by atoms with Gasteiger partial charge in [0.1, 0.15) is 42.7 Å². The summed E-state index contributed by atoms with van der Waals surface area (Å²) in [5.41, 5.74) is -2.64. The van der Waals surface area contributed by atoms with Crippen LogP contribution in [-0.2, 0) is 9.47 Å². The zero-order valence-electron chi connectivity index (χ0n) is 12.0. The molecule has 2 saturated heterocycles. The molecule has 0 radical (unpaired) electrons. The van der Waals surface area contributed by atoms with E-state index in [1.807, 2.05) is 0 Å². The summed E-state index contributed by atoms with van der Waals surface area (Å²) in [5, 5.41) is 88.0. The maximum Gasteiger partial charge on any atom is 0.219 e. The highest BCUT2D eigenvalue weighted by atomic mass is 16.7. The van der Waals surface area contributed by atoms with E-state index in [9.17, 15) is 35.7 Å². The van der Waals surface area contributed by atoms with Gasteiger partial charge in [-0.25, -0.2) is 0 Å². The normalized spacial score (nSPS) is 54.4. The molecule has 0 spiro atoms. The molecular weight excluding hydrogens is 320 g/mol. The molecule has 136 valence electrons. The lowest BCUT2D eigenvalue weighted by Gasteiger charge is -2.47. The average Bonchev–Trinajstić information content (AvgIpc) is 2.75. The van der Waals surface area contributed by atoms with Gasteiger partial charge in [-0.1, -0.05) is 0 Å². The van der Waals surface area contributed by atoms with Gasteiger partial charge in [-0.15, -0.1) is 0 Å². The van der Waals surface area contributed by atoms with E-state index in [4.69, 9.17) is 19.7 Å². The Morgan fingerprint density at radius 1 is 0.826 bits per heavy atom. The first-order chi connectivity index (χ1) is 10.7. The number of hydrogen-bond donors (Lipinski definition) is 9. The average molecular weight is 342 g/mol. The second kappa shape index (κ2) is 6.46. The van der Waals surface area contributed by atoms with E-state index in [2.05, 4.69) is 0 Å². The summed E-state index contributed by atoms with van der Waals surface area (Å²) in [6, 6.07) is 0. The van der Waals surface area contributed by atoms with Crippen molar-refractivity contribution in [3.05, 3.63) is 0 Å². The number of aliphatic hydroxyl groups excluding tert-OH is 7. The molecule has 0 aromatic heterocycles. The van der Waals surface area contributed by atoms with Crippen LogP contribution in [0.15, 0.2) is 0 Å². The maximum absolute atomic E-state index is 10.7. The molecule has 2 heterocycles. The summed E-state index contributed by atoms with van der Waals surface area (Å²) in [5.74, 6) is -2.64. The van der Waals surface area contributed by atoms with Crippen molar-refractivity contribution in [3.63, 3.8) is 0 Å². The third-order valence-corrected chi connectivity index (χ3v) is 4.47. The Bertz CT molecular complexity index is 420. The first kappa shape index (κ1) is 18.9. The molecule has 11 heteroatoms. The SMILES string of the molecule is OC[C@H]1O[C@H]([C@@]2(O)[C@@H](CO)O[C@](O)(CO)[C@H]2O)[C@H](O)[C@@H](O)[C@@H]1O. The standard InChI is InChI=1S/C12H22O11/c13-1-4-6(16)7(17)8(18)9(22-4)12(21)5(2-14)23-11(20,3-15)10(12)19/h4-10,13-21H,1-3H2/t4-,5-,6-,7+,8-,9+,10-,11-,12+/m1/s1. The van der Waals surface area contributed by atoms with Crippen LogP contribution >= 0.6 is 0 Å². The second-order valence-electron chi connectivity index (χ2n) is 5.83. The molecule has 23 heavy (non-hydrogen) atoms. The quantitative estimate of drug-likeness (QED) is 0.235. The highest BCUT2D eigenvalue weighted by Gasteiger charge is 2.69. The van der Waals surface area contributed by atoms with E-state index in [0.717, 1.165) is 0 Å². The van der Waals surface area contributed by atoms with Gasteiger partial charge in [-0.2, -0.15) is 0 Å². The Morgan fingerprint density at radius 2 is 1.43 bits per heavy atom. The first-order valence-corrected chi connectivity index (χ1v) is 7.00. The van der Waals surface area contributed by atoms with E-state index in [1.54, 1.807) is 0 Å². The van der Waals surface area contributed by atoms with Crippen molar-refractivity contribution in [1.82, 2.24) is 0 Å². The van der Waals surface area contributed by atoms with Crippen molar-refractivity contribution in [2.24, 2.45) is 0 Å². The van der Waals surface area contributed by atoms with Crippen molar-refractivity contribution in [3.8, 4) is 0 Å². The Morgan fingerprint density at radius 3 is 1.91 bits per heavy atom. The Hall–Kier alpha value is -0.440. The van der Waals surface area contributed by atoms with Crippen molar-refractivity contribution >= 4 is 0 Å². The molecule has 9 N–H and O–H groups in total. The maximum atomic E-state index is 10.7. The molecular formula is C12H22O11. The van der Waals surface area contributed by atoms with Crippen LogP contribution in [0.1, 0.15) is 0 Å². The van der Waals surface area contributed by atoms with Crippen LogP contribution < -0.4 is 0 Å². The number of hydrogen-bond acceptors (Lipinski definition) is 11. The number of aliphatic hydroxyl groups is 9. The van der Waals surface area contributed by atoms with Gasteiger partial charge < -0.3 is 55.4 Å². The minimum atomic E-state index is -2.64. The van der Waals surface area contributed by atoms with Crippen LogP contribution in [0.3, 0.4) is 0 Å². The third kappa shape index (κ3) is 2.67. The van der Waals surface area contributed by atoms with Crippen molar-refractivity contribution < 1.29 is 55.4 Å². The Balaban J connectivity index is 2.40. The lowest BCUT2D eigenvalue weighted by molar-refractivity contribution is -0.290. The van der Waals surface area contributed by atoms with Gasteiger partial charge >= 0.3 is 0 Å². The van der Waals surface area contributed by atoms with Crippen LogP contribution in [0.25, 0.3) is 0 Å². The van der Waals surface area contributed by atoms with Crippen molar-refractivity contribution in [2.75, 3.05) is 19.8 Å². The molecule has 2 fully saturated rings. The van der Waals surface area contributed by atoms with Crippen LogP contribution in [0.5, 0.6) is 0 Å². The molecule has 0 amide bonds. The predicted molar refractivity (Wildman–Crippen MR) is 68.7 cm³/mol. The Kier molecular flexibility index (Phi) is 5.31. The van der Waals surface area contributed by atoms with E-state index < -0.39 is 73.9 Å². The first-order valence-electron chi connectivity index (χ1n) is 7.00. The number of ether oxygens (including phenoxy) is 2. The fourth-order valence-electron chi connectivity index (χ4n) is 3.07. The van der Waals surface area contributed by atoms with E-state index in [-0.39, 0.29) is 0 Å². The molecule has 0 aliphatic carbocycles. The fraction of sp³-hybridized carbons (Fsp3) is 1.00.